The van der Waals surface area contributed by atoms with Gasteiger partial charge in [-0.2, -0.15) is 4.52 Å². The first-order valence-corrected chi connectivity index (χ1v) is 5.66. The molecule has 1 atom stereocenters. The molecule has 1 unspecified atom stereocenters. The van der Waals surface area contributed by atoms with Gasteiger partial charge in [-0.05, 0) is 16.0 Å². The molecule has 2 N–H and O–H groups in total. The third-order valence-corrected chi connectivity index (χ3v) is 2.84. The van der Waals surface area contributed by atoms with Crippen LogP contribution in [-0.2, 0) is 6.42 Å². The summed E-state index contributed by atoms with van der Waals surface area (Å²) >= 11 is 0. The van der Waals surface area contributed by atoms with Crippen molar-refractivity contribution in [3.63, 3.8) is 0 Å². The predicted molar refractivity (Wildman–Crippen MR) is 65.7 cm³/mol. The monoisotopic (exact) mass is 240 g/mol. The summed E-state index contributed by atoms with van der Waals surface area (Å²) in [7, 11) is 0. The van der Waals surface area contributed by atoms with Gasteiger partial charge in [0.2, 0.25) is 0 Å². The molecule has 6 nitrogen and oxygen atoms in total. The molecule has 0 amide bonds. The van der Waals surface area contributed by atoms with Crippen molar-refractivity contribution in [2.24, 2.45) is 5.73 Å². The molecule has 2 aromatic heterocycles. The van der Waals surface area contributed by atoms with Crippen LogP contribution in [0.15, 0.2) is 42.7 Å². The Kier molecular flexibility index (Phi) is 2.70. The van der Waals surface area contributed by atoms with Crippen molar-refractivity contribution in [2.75, 3.05) is 0 Å². The molecule has 0 bridgehead atoms. The molecule has 0 aliphatic rings. The van der Waals surface area contributed by atoms with E-state index in [9.17, 15) is 0 Å². The van der Waals surface area contributed by atoms with Gasteiger partial charge in [-0.15, -0.1) is 5.10 Å². The fourth-order valence-electron chi connectivity index (χ4n) is 1.91. The lowest BCUT2D eigenvalue weighted by atomic mass is 10.0. The maximum atomic E-state index is 6.18. The molecule has 90 valence electrons. The summed E-state index contributed by atoms with van der Waals surface area (Å²) < 4.78 is 1.66. The molecule has 1 aromatic carbocycles. The van der Waals surface area contributed by atoms with Crippen LogP contribution >= 0.6 is 0 Å². The summed E-state index contributed by atoms with van der Waals surface area (Å²) in [6, 6.07) is 9.86. The molecule has 2 heterocycles. The first kappa shape index (κ1) is 10.8. The van der Waals surface area contributed by atoms with Crippen molar-refractivity contribution in [1.29, 1.82) is 0 Å². The zero-order valence-corrected chi connectivity index (χ0v) is 9.64. The van der Waals surface area contributed by atoms with Crippen molar-refractivity contribution in [1.82, 2.24) is 25.0 Å². The van der Waals surface area contributed by atoms with Crippen LogP contribution in [0.5, 0.6) is 0 Å². The molecule has 0 saturated carbocycles. The summed E-state index contributed by atoms with van der Waals surface area (Å²) in [5.41, 5.74) is 8.79. The molecule has 0 radical (unpaired) electrons. The highest BCUT2D eigenvalue weighted by atomic mass is 15.5. The Morgan fingerprint density at radius 1 is 1.17 bits per heavy atom. The van der Waals surface area contributed by atoms with E-state index in [2.05, 4.69) is 20.5 Å². The van der Waals surface area contributed by atoms with Gasteiger partial charge in [-0.25, -0.2) is 0 Å². The second-order valence-corrected chi connectivity index (χ2v) is 4.07. The van der Waals surface area contributed by atoms with E-state index in [4.69, 9.17) is 5.73 Å². The maximum Gasteiger partial charge on any atom is 0.197 e. The van der Waals surface area contributed by atoms with Gasteiger partial charge in [0.05, 0.1) is 11.9 Å². The minimum absolute atomic E-state index is 0.0946. The van der Waals surface area contributed by atoms with Crippen LogP contribution in [0.3, 0.4) is 0 Å². The van der Waals surface area contributed by atoms with E-state index in [1.54, 1.807) is 16.9 Å². The number of nitrogens with two attached hydrogens (primary N) is 1. The molecular weight excluding hydrogens is 228 g/mol. The Labute approximate surface area is 103 Å². The van der Waals surface area contributed by atoms with Crippen molar-refractivity contribution in [3.05, 3.63) is 54.0 Å². The topological polar surface area (TPSA) is 82.0 Å². The summed E-state index contributed by atoms with van der Waals surface area (Å²) in [5.74, 6) is 0. The second kappa shape index (κ2) is 4.50. The number of aromatic nitrogens is 5. The highest BCUT2D eigenvalue weighted by Crippen LogP contribution is 2.15. The van der Waals surface area contributed by atoms with Crippen LogP contribution in [0.2, 0.25) is 0 Å². The average Bonchev–Trinajstić information content (AvgIpc) is 2.89. The molecule has 0 spiro atoms. The molecule has 18 heavy (non-hydrogen) atoms. The molecule has 3 aromatic rings. The van der Waals surface area contributed by atoms with E-state index in [1.165, 1.54) is 0 Å². The minimum atomic E-state index is -0.0946. The van der Waals surface area contributed by atoms with Gasteiger partial charge in [0.25, 0.3) is 0 Å². The fraction of sp³-hybridized carbons (Fsp3) is 0.167. The highest BCUT2D eigenvalue weighted by molar-refractivity contribution is 5.32. The molecule has 0 aliphatic carbocycles. The molecule has 3 rings (SSSR count). The zero-order valence-electron chi connectivity index (χ0n) is 9.64. The number of tetrazole rings is 1. The van der Waals surface area contributed by atoms with Crippen LogP contribution in [-0.4, -0.2) is 25.0 Å². The molecular formula is C12H12N6. The Morgan fingerprint density at radius 3 is 2.83 bits per heavy atom. The van der Waals surface area contributed by atoms with Crippen LogP contribution in [0.4, 0.5) is 0 Å². The van der Waals surface area contributed by atoms with E-state index in [-0.39, 0.29) is 6.04 Å². The Morgan fingerprint density at radius 2 is 2.00 bits per heavy atom. The lowest BCUT2D eigenvalue weighted by Crippen LogP contribution is -2.15. The van der Waals surface area contributed by atoms with Gasteiger partial charge in [0, 0.05) is 18.7 Å². The smallest absolute Gasteiger partial charge is 0.197 e. The van der Waals surface area contributed by atoms with Gasteiger partial charge >= 0.3 is 0 Å². The number of hydrogen-bond acceptors (Lipinski definition) is 5. The number of benzene rings is 1. The summed E-state index contributed by atoms with van der Waals surface area (Å²) in [6.07, 6.45) is 4.00. The Bertz CT molecular complexity index is 648. The lowest BCUT2D eigenvalue weighted by Gasteiger charge is -2.11. The molecule has 0 aliphatic heterocycles. The SMILES string of the molecule is NC(Cc1cncc2nnnn12)c1ccccc1. The van der Waals surface area contributed by atoms with E-state index in [0.717, 1.165) is 11.3 Å². The number of hydrogen-bond donors (Lipinski definition) is 1. The fourth-order valence-corrected chi connectivity index (χ4v) is 1.91. The van der Waals surface area contributed by atoms with Gasteiger partial charge in [-0.1, -0.05) is 30.3 Å². The first-order chi connectivity index (χ1) is 8.84. The second-order valence-electron chi connectivity index (χ2n) is 4.07. The first-order valence-electron chi connectivity index (χ1n) is 5.66. The number of fused-ring (bicyclic) bond motifs is 1. The average molecular weight is 240 g/mol. The van der Waals surface area contributed by atoms with Crippen molar-refractivity contribution >= 4 is 5.65 Å². The molecule has 6 heteroatoms. The van der Waals surface area contributed by atoms with Crippen LogP contribution in [0.25, 0.3) is 5.65 Å². The van der Waals surface area contributed by atoms with Crippen molar-refractivity contribution < 1.29 is 0 Å². The van der Waals surface area contributed by atoms with Gasteiger partial charge in [0.15, 0.2) is 5.65 Å². The van der Waals surface area contributed by atoms with Crippen LogP contribution in [0.1, 0.15) is 17.3 Å². The number of rotatable bonds is 3. The largest absolute Gasteiger partial charge is 0.324 e. The molecule has 0 fully saturated rings. The van der Waals surface area contributed by atoms with E-state index in [1.807, 2.05) is 30.3 Å². The Hall–Kier alpha value is -2.34. The standard InChI is InChI=1S/C12H12N6/c13-11(9-4-2-1-3-5-9)6-10-7-14-8-12-15-16-17-18(10)12/h1-5,7-8,11H,6,13H2. The third-order valence-electron chi connectivity index (χ3n) is 2.84. The highest BCUT2D eigenvalue weighted by Gasteiger charge is 2.10. The molecule has 0 saturated heterocycles. The number of nitrogens with zero attached hydrogens (tertiary/aromatic N) is 5. The summed E-state index contributed by atoms with van der Waals surface area (Å²) in [5, 5.41) is 11.4. The van der Waals surface area contributed by atoms with Gasteiger partial charge < -0.3 is 5.73 Å². The lowest BCUT2D eigenvalue weighted by molar-refractivity contribution is 0.669. The zero-order chi connectivity index (χ0) is 12.4. The van der Waals surface area contributed by atoms with Crippen LogP contribution < -0.4 is 5.73 Å². The summed E-state index contributed by atoms with van der Waals surface area (Å²) in [6.45, 7) is 0. The third kappa shape index (κ3) is 1.93. The maximum absolute atomic E-state index is 6.18. The van der Waals surface area contributed by atoms with Gasteiger partial charge in [0.1, 0.15) is 0 Å². The van der Waals surface area contributed by atoms with E-state index in [0.29, 0.717) is 12.1 Å². The quantitative estimate of drug-likeness (QED) is 0.731. The van der Waals surface area contributed by atoms with E-state index < -0.39 is 0 Å². The normalized spacial score (nSPS) is 12.7. The van der Waals surface area contributed by atoms with Crippen molar-refractivity contribution in [2.45, 2.75) is 12.5 Å². The van der Waals surface area contributed by atoms with Crippen LogP contribution in [0, 0.1) is 0 Å². The van der Waals surface area contributed by atoms with Gasteiger partial charge in [-0.3, -0.25) is 4.98 Å². The predicted octanol–water partition coefficient (Wildman–Crippen LogP) is 0.762. The Balaban J connectivity index is 1.91. The van der Waals surface area contributed by atoms with Crippen molar-refractivity contribution in [3.8, 4) is 0 Å². The minimum Gasteiger partial charge on any atom is -0.324 e. The summed E-state index contributed by atoms with van der Waals surface area (Å²) in [4.78, 5) is 4.11. The van der Waals surface area contributed by atoms with E-state index >= 15 is 0 Å².